The molecular weight excluding hydrogens is 470 g/mol. The number of rotatable bonds is 6. The summed E-state index contributed by atoms with van der Waals surface area (Å²) in [7, 11) is 1.62. The minimum Gasteiger partial charge on any atom is -0.497 e. The molecule has 2 heterocycles. The standard InChI is InChI=1S/C26H20ClN3O3S/c1-32-20-12-6-16(7-13-20)24-29-25-21(14-17-4-2-3-5-22(17)33-25)26(30-24)34-15-23(31)28-19-10-8-18(27)9-11-19/h2-13H,14-15H2,1H3,(H,28,31). The molecule has 0 radical (unpaired) electrons. The number of thioether (sulfide) groups is 1. The summed E-state index contributed by atoms with van der Waals surface area (Å²) in [5, 5.41) is 4.22. The van der Waals surface area contributed by atoms with Crippen molar-refractivity contribution in [3.8, 4) is 28.8 Å². The number of fused-ring (bicyclic) bond motifs is 2. The van der Waals surface area contributed by atoms with Crippen LogP contribution in [0.4, 0.5) is 5.69 Å². The highest BCUT2D eigenvalue weighted by Gasteiger charge is 2.24. The average molecular weight is 490 g/mol. The van der Waals surface area contributed by atoms with Crippen LogP contribution in [0.2, 0.25) is 5.02 Å². The van der Waals surface area contributed by atoms with Crippen molar-refractivity contribution in [3.05, 3.63) is 88.9 Å². The molecule has 0 fully saturated rings. The van der Waals surface area contributed by atoms with Crippen LogP contribution in [0, 0.1) is 0 Å². The zero-order valence-electron chi connectivity index (χ0n) is 18.2. The fourth-order valence-corrected chi connectivity index (χ4v) is 4.53. The Hall–Kier alpha value is -3.55. The predicted molar refractivity (Wildman–Crippen MR) is 134 cm³/mol. The Bertz CT molecular complexity index is 1340. The monoisotopic (exact) mass is 489 g/mol. The van der Waals surface area contributed by atoms with Gasteiger partial charge in [0.15, 0.2) is 5.82 Å². The molecular formula is C26H20ClN3O3S. The number of carbonyl (C=O) groups is 1. The van der Waals surface area contributed by atoms with E-state index >= 15 is 0 Å². The number of halogens is 1. The zero-order valence-corrected chi connectivity index (χ0v) is 19.8. The van der Waals surface area contributed by atoms with Crippen LogP contribution in [0.15, 0.2) is 77.8 Å². The molecule has 1 aliphatic heterocycles. The maximum atomic E-state index is 12.6. The smallest absolute Gasteiger partial charge is 0.234 e. The van der Waals surface area contributed by atoms with Gasteiger partial charge in [0, 0.05) is 22.7 Å². The lowest BCUT2D eigenvalue weighted by Crippen LogP contribution is -2.15. The molecule has 1 aliphatic rings. The summed E-state index contributed by atoms with van der Waals surface area (Å²) in [6.45, 7) is 0. The van der Waals surface area contributed by atoms with Gasteiger partial charge in [-0.05, 0) is 60.2 Å². The minimum absolute atomic E-state index is 0.136. The van der Waals surface area contributed by atoms with Crippen LogP contribution in [0.1, 0.15) is 11.1 Å². The second kappa shape index (κ2) is 9.75. The van der Waals surface area contributed by atoms with E-state index in [1.54, 1.807) is 31.4 Å². The first kappa shape index (κ1) is 22.3. The second-order valence-corrected chi connectivity index (χ2v) is 9.00. The highest BCUT2D eigenvalue weighted by atomic mass is 35.5. The van der Waals surface area contributed by atoms with Gasteiger partial charge < -0.3 is 14.8 Å². The number of benzene rings is 3. The Morgan fingerprint density at radius 2 is 1.82 bits per heavy atom. The molecule has 170 valence electrons. The highest BCUT2D eigenvalue weighted by Crippen LogP contribution is 2.40. The first-order valence-corrected chi connectivity index (χ1v) is 11.9. The van der Waals surface area contributed by atoms with E-state index in [-0.39, 0.29) is 11.7 Å². The van der Waals surface area contributed by atoms with Gasteiger partial charge in [-0.25, -0.2) is 4.98 Å². The van der Waals surface area contributed by atoms with Crippen molar-refractivity contribution in [1.29, 1.82) is 0 Å². The molecule has 8 heteroatoms. The van der Waals surface area contributed by atoms with Gasteiger partial charge in [0.2, 0.25) is 11.8 Å². The summed E-state index contributed by atoms with van der Waals surface area (Å²) in [6.07, 6.45) is 0.634. The quantitative estimate of drug-likeness (QED) is 0.225. The minimum atomic E-state index is -0.136. The largest absolute Gasteiger partial charge is 0.497 e. The van der Waals surface area contributed by atoms with E-state index in [0.29, 0.717) is 28.8 Å². The van der Waals surface area contributed by atoms with Crippen molar-refractivity contribution < 1.29 is 14.3 Å². The number of nitrogens with zero attached hydrogens (tertiary/aromatic N) is 2. The molecule has 0 saturated carbocycles. The number of nitrogens with one attached hydrogen (secondary N) is 1. The molecule has 0 bridgehead atoms. The molecule has 1 aromatic heterocycles. The van der Waals surface area contributed by atoms with Crippen molar-refractivity contribution >= 4 is 35.0 Å². The molecule has 4 aromatic rings. The number of amides is 1. The SMILES string of the molecule is COc1ccc(-c2nc3c(c(SCC(=O)Nc4ccc(Cl)cc4)n2)Cc2ccccc2O3)cc1. The Morgan fingerprint density at radius 1 is 1.06 bits per heavy atom. The van der Waals surface area contributed by atoms with Crippen molar-refractivity contribution in [1.82, 2.24) is 9.97 Å². The summed E-state index contributed by atoms with van der Waals surface area (Å²) in [6, 6.07) is 22.4. The number of methoxy groups -OCH3 is 1. The lowest BCUT2D eigenvalue weighted by Gasteiger charge is -2.21. The van der Waals surface area contributed by atoms with Crippen LogP contribution in [0.3, 0.4) is 0 Å². The summed E-state index contributed by atoms with van der Waals surface area (Å²) in [5.74, 6) is 2.63. The van der Waals surface area contributed by atoms with Gasteiger partial charge in [0.05, 0.1) is 18.4 Å². The van der Waals surface area contributed by atoms with Gasteiger partial charge in [-0.15, -0.1) is 0 Å². The Kier molecular flexibility index (Phi) is 6.38. The lowest BCUT2D eigenvalue weighted by molar-refractivity contribution is -0.113. The third kappa shape index (κ3) is 4.85. The zero-order chi connectivity index (χ0) is 23.5. The van der Waals surface area contributed by atoms with E-state index in [9.17, 15) is 4.79 Å². The van der Waals surface area contributed by atoms with Gasteiger partial charge in [0.1, 0.15) is 16.5 Å². The topological polar surface area (TPSA) is 73.3 Å². The van der Waals surface area contributed by atoms with Crippen molar-refractivity contribution in [2.75, 3.05) is 18.2 Å². The van der Waals surface area contributed by atoms with E-state index in [1.165, 1.54) is 11.8 Å². The normalized spacial score (nSPS) is 11.7. The maximum absolute atomic E-state index is 12.6. The third-order valence-electron chi connectivity index (χ3n) is 5.29. The molecule has 34 heavy (non-hydrogen) atoms. The molecule has 3 aromatic carbocycles. The van der Waals surface area contributed by atoms with Crippen molar-refractivity contribution in [2.45, 2.75) is 11.4 Å². The van der Waals surface area contributed by atoms with Gasteiger partial charge in [-0.3, -0.25) is 4.79 Å². The number of ether oxygens (including phenoxy) is 2. The number of carbonyl (C=O) groups excluding carboxylic acids is 1. The predicted octanol–water partition coefficient (Wildman–Crippen LogP) is 6.23. The Labute approximate surface area is 206 Å². The number of para-hydroxylation sites is 1. The van der Waals surface area contributed by atoms with Gasteiger partial charge in [-0.1, -0.05) is 41.6 Å². The Balaban J connectivity index is 1.43. The Morgan fingerprint density at radius 3 is 2.59 bits per heavy atom. The van der Waals surface area contributed by atoms with Crippen LogP contribution < -0.4 is 14.8 Å². The van der Waals surface area contributed by atoms with E-state index in [4.69, 9.17) is 31.0 Å². The molecule has 0 saturated heterocycles. The maximum Gasteiger partial charge on any atom is 0.234 e. The fraction of sp³-hybridized carbons (Fsp3) is 0.115. The first-order valence-electron chi connectivity index (χ1n) is 10.6. The summed E-state index contributed by atoms with van der Waals surface area (Å²) < 4.78 is 11.4. The molecule has 6 nitrogen and oxygen atoms in total. The molecule has 0 spiro atoms. The van der Waals surface area contributed by atoms with Crippen LogP contribution in [0.25, 0.3) is 11.4 Å². The fourth-order valence-electron chi connectivity index (χ4n) is 3.58. The number of anilines is 1. The molecule has 0 aliphatic carbocycles. The van der Waals surface area contributed by atoms with Crippen LogP contribution in [0.5, 0.6) is 17.4 Å². The number of hydrogen-bond acceptors (Lipinski definition) is 6. The number of aromatic nitrogens is 2. The third-order valence-corrected chi connectivity index (χ3v) is 6.56. The number of hydrogen-bond donors (Lipinski definition) is 1. The summed E-state index contributed by atoms with van der Waals surface area (Å²) >= 11 is 7.29. The van der Waals surface area contributed by atoms with E-state index in [1.807, 2.05) is 48.5 Å². The average Bonchev–Trinajstić information content (AvgIpc) is 2.87. The van der Waals surface area contributed by atoms with E-state index < -0.39 is 0 Å². The molecule has 0 unspecified atom stereocenters. The van der Waals surface area contributed by atoms with E-state index in [0.717, 1.165) is 33.2 Å². The molecule has 5 rings (SSSR count). The molecule has 0 atom stereocenters. The molecule has 1 amide bonds. The highest BCUT2D eigenvalue weighted by molar-refractivity contribution is 8.00. The van der Waals surface area contributed by atoms with E-state index in [2.05, 4.69) is 5.32 Å². The van der Waals surface area contributed by atoms with Gasteiger partial charge in [0.25, 0.3) is 0 Å². The van der Waals surface area contributed by atoms with Crippen molar-refractivity contribution in [2.24, 2.45) is 0 Å². The van der Waals surface area contributed by atoms with Crippen LogP contribution in [-0.2, 0) is 11.2 Å². The summed E-state index contributed by atoms with van der Waals surface area (Å²) in [5.41, 5.74) is 3.46. The lowest BCUT2D eigenvalue weighted by atomic mass is 10.0. The van der Waals surface area contributed by atoms with Crippen LogP contribution in [-0.4, -0.2) is 28.7 Å². The second-order valence-electron chi connectivity index (χ2n) is 7.59. The first-order chi connectivity index (χ1) is 16.6. The molecule has 1 N–H and O–H groups in total. The summed E-state index contributed by atoms with van der Waals surface area (Å²) in [4.78, 5) is 22.1. The van der Waals surface area contributed by atoms with Gasteiger partial charge in [-0.2, -0.15) is 4.98 Å². The van der Waals surface area contributed by atoms with Crippen LogP contribution >= 0.6 is 23.4 Å². The van der Waals surface area contributed by atoms with Crippen molar-refractivity contribution in [3.63, 3.8) is 0 Å². The van der Waals surface area contributed by atoms with Gasteiger partial charge >= 0.3 is 0 Å².